The third-order valence-corrected chi connectivity index (χ3v) is 5.02. The Morgan fingerprint density at radius 1 is 1.37 bits per heavy atom. The molecule has 2 unspecified atom stereocenters. The molecular formula is C14H22N2O2S. The quantitative estimate of drug-likeness (QED) is 0.813. The van der Waals surface area contributed by atoms with Gasteiger partial charge in [-0.15, -0.1) is 0 Å². The van der Waals surface area contributed by atoms with Gasteiger partial charge < -0.3 is 5.73 Å². The molecule has 1 aromatic rings. The van der Waals surface area contributed by atoms with Crippen LogP contribution in [0.3, 0.4) is 0 Å². The lowest BCUT2D eigenvalue weighted by Crippen LogP contribution is -2.29. The van der Waals surface area contributed by atoms with Crippen molar-refractivity contribution in [2.24, 2.45) is 11.8 Å². The molecule has 0 radical (unpaired) electrons. The predicted molar refractivity (Wildman–Crippen MR) is 78.0 cm³/mol. The van der Waals surface area contributed by atoms with Crippen LogP contribution in [-0.4, -0.2) is 15.0 Å². The number of hydrogen-bond donors (Lipinski definition) is 2. The third kappa shape index (κ3) is 4.51. The number of nitrogens with one attached hydrogen (secondary N) is 1. The molecule has 0 amide bonds. The highest BCUT2D eigenvalue weighted by Gasteiger charge is 2.23. The number of hydrogen-bond acceptors (Lipinski definition) is 3. The Labute approximate surface area is 115 Å². The van der Waals surface area contributed by atoms with Crippen LogP contribution in [0, 0.1) is 11.8 Å². The van der Waals surface area contributed by atoms with Gasteiger partial charge in [-0.1, -0.05) is 25.5 Å². The van der Waals surface area contributed by atoms with Crippen LogP contribution < -0.4 is 10.5 Å². The van der Waals surface area contributed by atoms with Gasteiger partial charge in [0.15, 0.2) is 0 Å². The lowest BCUT2D eigenvalue weighted by atomic mass is 10.1. The number of nitrogens with two attached hydrogens (primary N) is 1. The summed E-state index contributed by atoms with van der Waals surface area (Å²) in [5.41, 5.74) is 6.97. The van der Waals surface area contributed by atoms with Crippen molar-refractivity contribution in [1.82, 2.24) is 4.72 Å². The molecule has 1 aliphatic carbocycles. The molecule has 1 aromatic carbocycles. The minimum absolute atomic E-state index is 0.000311. The van der Waals surface area contributed by atoms with Gasteiger partial charge in [0, 0.05) is 12.2 Å². The zero-order chi connectivity index (χ0) is 13.9. The van der Waals surface area contributed by atoms with Crippen LogP contribution in [0.4, 0.5) is 5.69 Å². The maximum atomic E-state index is 12.0. The number of rotatable bonds is 5. The first-order chi connectivity index (χ1) is 8.94. The molecule has 0 spiro atoms. The maximum absolute atomic E-state index is 12.0. The Bertz CT molecular complexity index is 528. The standard InChI is InChI=1S/C14H22N2O2S/c1-11-5-6-12(7-11)9-16-19(17,18)10-13-3-2-4-14(15)8-13/h2-4,8,11-12,16H,5-7,9-10,15H2,1H3. The van der Waals surface area contributed by atoms with E-state index in [0.717, 1.165) is 24.3 Å². The molecule has 1 aliphatic rings. The van der Waals surface area contributed by atoms with E-state index in [1.807, 2.05) is 0 Å². The maximum Gasteiger partial charge on any atom is 0.215 e. The highest BCUT2D eigenvalue weighted by Crippen LogP contribution is 2.29. The summed E-state index contributed by atoms with van der Waals surface area (Å²) < 4.78 is 26.7. The van der Waals surface area contributed by atoms with Crippen LogP contribution in [0.1, 0.15) is 31.7 Å². The molecule has 0 aromatic heterocycles. The zero-order valence-corrected chi connectivity index (χ0v) is 12.1. The van der Waals surface area contributed by atoms with Crippen LogP contribution >= 0.6 is 0 Å². The van der Waals surface area contributed by atoms with Crippen LogP contribution in [0.2, 0.25) is 0 Å². The normalized spacial score (nSPS) is 23.6. The minimum Gasteiger partial charge on any atom is -0.399 e. The van der Waals surface area contributed by atoms with E-state index in [9.17, 15) is 8.42 Å². The van der Waals surface area contributed by atoms with Gasteiger partial charge in [0.1, 0.15) is 0 Å². The Kier molecular flexibility index (Phi) is 4.47. The first-order valence-electron chi connectivity index (χ1n) is 6.76. The fraction of sp³-hybridized carbons (Fsp3) is 0.571. The molecule has 0 bridgehead atoms. The van der Waals surface area contributed by atoms with E-state index in [1.54, 1.807) is 24.3 Å². The fourth-order valence-electron chi connectivity index (χ4n) is 2.71. The van der Waals surface area contributed by atoms with Crippen molar-refractivity contribution in [3.8, 4) is 0 Å². The summed E-state index contributed by atoms with van der Waals surface area (Å²) >= 11 is 0. The van der Waals surface area contributed by atoms with Crippen molar-refractivity contribution < 1.29 is 8.42 Å². The van der Waals surface area contributed by atoms with Gasteiger partial charge in [-0.2, -0.15) is 0 Å². The molecule has 19 heavy (non-hydrogen) atoms. The number of sulfonamides is 1. The Balaban J connectivity index is 1.88. The van der Waals surface area contributed by atoms with Crippen molar-refractivity contribution in [2.45, 2.75) is 31.9 Å². The Hall–Kier alpha value is -1.07. The summed E-state index contributed by atoms with van der Waals surface area (Å²) in [5.74, 6) is 1.22. The molecule has 0 aliphatic heterocycles. The van der Waals surface area contributed by atoms with E-state index in [1.165, 1.54) is 6.42 Å². The summed E-state index contributed by atoms with van der Waals surface area (Å²) in [5, 5.41) is 0. The van der Waals surface area contributed by atoms with E-state index < -0.39 is 10.0 Å². The van der Waals surface area contributed by atoms with Crippen LogP contribution in [-0.2, 0) is 15.8 Å². The van der Waals surface area contributed by atoms with Gasteiger partial charge in [0.25, 0.3) is 0 Å². The highest BCUT2D eigenvalue weighted by atomic mass is 32.2. The average Bonchev–Trinajstić information content (AvgIpc) is 2.72. The molecule has 4 nitrogen and oxygen atoms in total. The van der Waals surface area contributed by atoms with E-state index in [2.05, 4.69) is 11.6 Å². The van der Waals surface area contributed by atoms with Crippen LogP contribution in [0.25, 0.3) is 0 Å². The average molecular weight is 282 g/mol. The van der Waals surface area contributed by atoms with Gasteiger partial charge in [0.2, 0.25) is 10.0 Å². The lowest BCUT2D eigenvalue weighted by Gasteiger charge is -2.12. The van der Waals surface area contributed by atoms with Gasteiger partial charge in [-0.3, -0.25) is 0 Å². The SMILES string of the molecule is CC1CCC(CNS(=O)(=O)Cc2cccc(N)c2)C1. The second-order valence-electron chi connectivity index (χ2n) is 5.64. The second-order valence-corrected chi connectivity index (χ2v) is 7.44. The molecule has 0 heterocycles. The summed E-state index contributed by atoms with van der Waals surface area (Å²) in [6.07, 6.45) is 3.46. The number of nitrogen functional groups attached to an aromatic ring is 1. The van der Waals surface area contributed by atoms with Gasteiger partial charge in [0.05, 0.1) is 5.75 Å². The number of benzene rings is 1. The molecule has 0 saturated heterocycles. The topological polar surface area (TPSA) is 72.2 Å². The third-order valence-electron chi connectivity index (χ3n) is 3.70. The van der Waals surface area contributed by atoms with Gasteiger partial charge in [-0.05, 0) is 42.4 Å². The van der Waals surface area contributed by atoms with Gasteiger partial charge >= 0.3 is 0 Å². The molecule has 1 saturated carbocycles. The fourth-order valence-corrected chi connectivity index (χ4v) is 3.92. The molecule has 2 rings (SSSR count). The second kappa shape index (κ2) is 5.92. The van der Waals surface area contributed by atoms with Crippen molar-refractivity contribution in [3.05, 3.63) is 29.8 Å². The van der Waals surface area contributed by atoms with Crippen molar-refractivity contribution in [3.63, 3.8) is 0 Å². The van der Waals surface area contributed by atoms with Gasteiger partial charge in [-0.25, -0.2) is 13.1 Å². The zero-order valence-electron chi connectivity index (χ0n) is 11.3. The molecule has 106 valence electrons. The first-order valence-corrected chi connectivity index (χ1v) is 8.41. The largest absolute Gasteiger partial charge is 0.399 e. The van der Waals surface area contributed by atoms with Crippen LogP contribution in [0.15, 0.2) is 24.3 Å². The molecule has 5 heteroatoms. The molecule has 1 fully saturated rings. The number of anilines is 1. The first kappa shape index (κ1) is 14.3. The Morgan fingerprint density at radius 2 is 2.16 bits per heavy atom. The summed E-state index contributed by atoms with van der Waals surface area (Å²) in [4.78, 5) is 0. The van der Waals surface area contributed by atoms with Crippen molar-refractivity contribution in [1.29, 1.82) is 0 Å². The van der Waals surface area contributed by atoms with Crippen LogP contribution in [0.5, 0.6) is 0 Å². The summed E-state index contributed by atoms with van der Waals surface area (Å²) in [6, 6.07) is 7.02. The van der Waals surface area contributed by atoms with Crippen molar-refractivity contribution >= 4 is 15.7 Å². The summed E-state index contributed by atoms with van der Waals surface area (Å²) in [6.45, 7) is 2.79. The lowest BCUT2D eigenvalue weighted by molar-refractivity contribution is 0.498. The smallest absolute Gasteiger partial charge is 0.215 e. The summed E-state index contributed by atoms with van der Waals surface area (Å²) in [7, 11) is -3.26. The van der Waals surface area contributed by atoms with E-state index in [-0.39, 0.29) is 5.75 Å². The van der Waals surface area contributed by atoms with E-state index in [4.69, 9.17) is 5.73 Å². The Morgan fingerprint density at radius 3 is 2.79 bits per heavy atom. The monoisotopic (exact) mass is 282 g/mol. The molecule has 3 N–H and O–H groups in total. The highest BCUT2D eigenvalue weighted by molar-refractivity contribution is 7.88. The van der Waals surface area contributed by atoms with E-state index >= 15 is 0 Å². The predicted octanol–water partition coefficient (Wildman–Crippen LogP) is 2.12. The minimum atomic E-state index is -3.26. The van der Waals surface area contributed by atoms with E-state index in [0.29, 0.717) is 18.2 Å². The molecular weight excluding hydrogens is 260 g/mol. The molecule has 2 atom stereocenters. The van der Waals surface area contributed by atoms with Crippen molar-refractivity contribution in [2.75, 3.05) is 12.3 Å².